The molecule has 1 aromatic rings. The lowest BCUT2D eigenvalue weighted by Gasteiger charge is -2.28. The molecule has 1 amide bonds. The minimum absolute atomic E-state index is 0.0152. The van der Waals surface area contributed by atoms with Gasteiger partial charge in [0, 0.05) is 13.0 Å². The van der Waals surface area contributed by atoms with Crippen molar-refractivity contribution in [3.05, 3.63) is 35.9 Å². The number of aryl methyl sites for hydroxylation is 1. The first kappa shape index (κ1) is 14.8. The van der Waals surface area contributed by atoms with Crippen molar-refractivity contribution in [2.75, 3.05) is 6.54 Å². The summed E-state index contributed by atoms with van der Waals surface area (Å²) in [5, 5.41) is 1.02. The molecular formula is C14H17F3N2O. The van der Waals surface area contributed by atoms with Crippen molar-refractivity contribution in [3.63, 3.8) is 0 Å². The Morgan fingerprint density at radius 3 is 2.50 bits per heavy atom. The summed E-state index contributed by atoms with van der Waals surface area (Å²) in [5.41, 5.74) is 3.31. The van der Waals surface area contributed by atoms with Gasteiger partial charge < -0.3 is 0 Å². The fourth-order valence-electron chi connectivity index (χ4n) is 2.37. The second-order valence-corrected chi connectivity index (χ2v) is 4.91. The molecule has 0 unspecified atom stereocenters. The molecule has 0 saturated carbocycles. The maximum Gasteiger partial charge on any atom is 0.405 e. The molecule has 1 atom stereocenters. The number of halogens is 3. The zero-order valence-electron chi connectivity index (χ0n) is 11.0. The molecule has 1 aliphatic heterocycles. The summed E-state index contributed by atoms with van der Waals surface area (Å²) in [7, 11) is 0. The van der Waals surface area contributed by atoms with Gasteiger partial charge in [0.15, 0.2) is 0 Å². The molecule has 1 heterocycles. The number of alkyl halides is 3. The van der Waals surface area contributed by atoms with Crippen molar-refractivity contribution in [3.8, 4) is 0 Å². The fourth-order valence-corrected chi connectivity index (χ4v) is 2.37. The number of nitrogens with zero attached hydrogens (tertiary/aromatic N) is 1. The molecule has 2 rings (SSSR count). The molecule has 0 aliphatic carbocycles. The monoisotopic (exact) mass is 286 g/mol. The van der Waals surface area contributed by atoms with Crippen molar-refractivity contribution < 1.29 is 18.0 Å². The molecule has 6 heteroatoms. The highest BCUT2D eigenvalue weighted by atomic mass is 19.4. The molecule has 20 heavy (non-hydrogen) atoms. The minimum atomic E-state index is -4.33. The van der Waals surface area contributed by atoms with Crippen molar-refractivity contribution in [2.24, 2.45) is 0 Å². The second kappa shape index (κ2) is 6.26. The standard InChI is InChI=1S/C14H17F3N2O/c15-14(16,17)12(19-10-9-13(20)18-19)8-4-7-11-5-2-1-3-6-11/h1-3,5-6,12H,4,7-10H2,(H,18,20)/t12-/m0/s1. The normalized spacial score (nSPS) is 18.1. The van der Waals surface area contributed by atoms with Crippen LogP contribution in [0.5, 0.6) is 0 Å². The Morgan fingerprint density at radius 2 is 1.95 bits per heavy atom. The van der Waals surface area contributed by atoms with E-state index in [0.717, 1.165) is 10.6 Å². The first-order chi connectivity index (χ1) is 9.47. The quantitative estimate of drug-likeness (QED) is 0.902. The van der Waals surface area contributed by atoms with Crippen LogP contribution in [0.2, 0.25) is 0 Å². The lowest BCUT2D eigenvalue weighted by Crippen LogP contribution is -2.49. The molecule has 3 nitrogen and oxygen atoms in total. The predicted octanol–water partition coefficient (Wildman–Crippen LogP) is 2.68. The summed E-state index contributed by atoms with van der Waals surface area (Å²) in [6.07, 6.45) is -3.17. The van der Waals surface area contributed by atoms with Gasteiger partial charge in [-0.1, -0.05) is 30.3 Å². The van der Waals surface area contributed by atoms with Crippen LogP contribution in [-0.4, -0.2) is 29.7 Å². The second-order valence-electron chi connectivity index (χ2n) is 4.91. The maximum atomic E-state index is 13.0. The van der Waals surface area contributed by atoms with Crippen LogP contribution < -0.4 is 5.43 Å². The molecule has 1 aromatic carbocycles. The molecule has 0 bridgehead atoms. The highest BCUT2D eigenvalue weighted by Crippen LogP contribution is 2.29. The van der Waals surface area contributed by atoms with Crippen LogP contribution in [-0.2, 0) is 11.2 Å². The summed E-state index contributed by atoms with van der Waals surface area (Å²) < 4.78 is 39.1. The van der Waals surface area contributed by atoms with Crippen LogP contribution >= 0.6 is 0 Å². The van der Waals surface area contributed by atoms with Gasteiger partial charge >= 0.3 is 6.18 Å². The topological polar surface area (TPSA) is 32.3 Å². The van der Waals surface area contributed by atoms with Gasteiger partial charge in [-0.15, -0.1) is 0 Å². The van der Waals surface area contributed by atoms with Crippen LogP contribution in [0.15, 0.2) is 30.3 Å². The number of hydrogen-bond acceptors (Lipinski definition) is 2. The number of rotatable bonds is 5. The third-order valence-electron chi connectivity index (χ3n) is 3.39. The summed E-state index contributed by atoms with van der Waals surface area (Å²) in [4.78, 5) is 11.1. The molecule has 0 spiro atoms. The van der Waals surface area contributed by atoms with E-state index in [0.29, 0.717) is 12.8 Å². The number of hydrazine groups is 1. The molecular weight excluding hydrogens is 269 g/mol. The van der Waals surface area contributed by atoms with E-state index < -0.39 is 12.2 Å². The van der Waals surface area contributed by atoms with E-state index in [1.165, 1.54) is 0 Å². The van der Waals surface area contributed by atoms with Gasteiger partial charge in [-0.05, 0) is 24.8 Å². The average Bonchev–Trinajstić information content (AvgIpc) is 2.80. The Morgan fingerprint density at radius 1 is 1.25 bits per heavy atom. The third kappa shape index (κ3) is 3.96. The lowest BCUT2D eigenvalue weighted by atomic mass is 10.0. The largest absolute Gasteiger partial charge is 0.405 e. The van der Waals surface area contributed by atoms with Gasteiger partial charge in [-0.3, -0.25) is 10.2 Å². The van der Waals surface area contributed by atoms with Gasteiger partial charge in [0.1, 0.15) is 6.04 Å². The molecule has 1 aliphatic rings. The van der Waals surface area contributed by atoms with E-state index in [-0.39, 0.29) is 25.3 Å². The number of hydrogen-bond donors (Lipinski definition) is 1. The molecule has 1 N–H and O–H groups in total. The zero-order chi connectivity index (χ0) is 14.6. The lowest BCUT2D eigenvalue weighted by molar-refractivity contribution is -0.190. The SMILES string of the molecule is O=C1CCN([C@@H](CCCc2ccccc2)C(F)(F)F)N1. The Balaban J connectivity index is 1.90. The van der Waals surface area contributed by atoms with Gasteiger partial charge in [0.25, 0.3) is 0 Å². The summed E-state index contributed by atoms with van der Waals surface area (Å²) >= 11 is 0. The van der Waals surface area contributed by atoms with Crippen LogP contribution in [0.3, 0.4) is 0 Å². The average molecular weight is 286 g/mol. The molecule has 0 radical (unpaired) electrons. The van der Waals surface area contributed by atoms with Crippen LogP contribution in [0.25, 0.3) is 0 Å². The fraction of sp³-hybridized carbons (Fsp3) is 0.500. The Kier molecular flexibility index (Phi) is 4.65. The third-order valence-corrected chi connectivity index (χ3v) is 3.39. The van der Waals surface area contributed by atoms with Crippen molar-refractivity contribution in [1.82, 2.24) is 10.4 Å². The van der Waals surface area contributed by atoms with Crippen molar-refractivity contribution in [1.29, 1.82) is 0 Å². The van der Waals surface area contributed by atoms with Crippen molar-refractivity contribution >= 4 is 5.91 Å². The molecule has 1 fully saturated rings. The van der Waals surface area contributed by atoms with E-state index in [4.69, 9.17) is 0 Å². The van der Waals surface area contributed by atoms with Crippen LogP contribution in [0.1, 0.15) is 24.8 Å². The highest BCUT2D eigenvalue weighted by molar-refractivity contribution is 5.77. The van der Waals surface area contributed by atoms with Gasteiger partial charge in [-0.2, -0.15) is 13.2 Å². The molecule has 110 valence electrons. The number of carbonyl (C=O) groups is 1. The number of carbonyl (C=O) groups excluding carboxylic acids is 1. The van der Waals surface area contributed by atoms with E-state index in [1.807, 2.05) is 30.3 Å². The van der Waals surface area contributed by atoms with E-state index in [1.54, 1.807) is 0 Å². The summed E-state index contributed by atoms with van der Waals surface area (Å²) in [6.45, 7) is 0.119. The molecule has 1 saturated heterocycles. The smallest absolute Gasteiger partial charge is 0.288 e. The van der Waals surface area contributed by atoms with Gasteiger partial charge in [0.05, 0.1) is 0 Å². The number of benzene rings is 1. The number of amides is 1. The summed E-state index contributed by atoms with van der Waals surface area (Å²) in [6, 6.07) is 7.83. The Bertz CT molecular complexity index is 447. The van der Waals surface area contributed by atoms with E-state index in [9.17, 15) is 18.0 Å². The van der Waals surface area contributed by atoms with Gasteiger partial charge in [0.2, 0.25) is 5.91 Å². The Hall–Kier alpha value is -1.56. The zero-order valence-corrected chi connectivity index (χ0v) is 11.0. The maximum absolute atomic E-state index is 13.0. The first-order valence-electron chi connectivity index (χ1n) is 6.63. The first-order valence-corrected chi connectivity index (χ1v) is 6.63. The highest BCUT2D eigenvalue weighted by Gasteiger charge is 2.45. The van der Waals surface area contributed by atoms with Crippen molar-refractivity contribution in [2.45, 2.75) is 37.9 Å². The summed E-state index contributed by atoms with van der Waals surface area (Å²) in [5.74, 6) is -0.345. The molecule has 0 aromatic heterocycles. The van der Waals surface area contributed by atoms with E-state index >= 15 is 0 Å². The minimum Gasteiger partial charge on any atom is -0.288 e. The van der Waals surface area contributed by atoms with E-state index in [2.05, 4.69) is 5.43 Å². The van der Waals surface area contributed by atoms with Crippen LogP contribution in [0, 0.1) is 0 Å². The Labute approximate surface area is 115 Å². The number of nitrogens with one attached hydrogen (secondary N) is 1. The van der Waals surface area contributed by atoms with Gasteiger partial charge in [-0.25, -0.2) is 5.01 Å². The predicted molar refractivity (Wildman–Crippen MR) is 68.7 cm³/mol. The van der Waals surface area contributed by atoms with Crippen LogP contribution in [0.4, 0.5) is 13.2 Å².